The van der Waals surface area contributed by atoms with Crippen molar-refractivity contribution in [2.75, 3.05) is 24.5 Å². The van der Waals surface area contributed by atoms with E-state index in [4.69, 9.17) is 0 Å². The third kappa shape index (κ3) is 3.85. The summed E-state index contributed by atoms with van der Waals surface area (Å²) in [7, 11) is 0. The van der Waals surface area contributed by atoms with Crippen LogP contribution in [-0.2, 0) is 6.42 Å². The van der Waals surface area contributed by atoms with Gasteiger partial charge in [0.1, 0.15) is 0 Å². The number of benzene rings is 1. The molecule has 0 saturated carbocycles. The number of carbonyl (C=O) groups excluding carboxylic acids is 2. The molecule has 126 valence electrons. The molecule has 0 saturated heterocycles. The molecule has 24 heavy (non-hydrogen) atoms. The van der Waals surface area contributed by atoms with Gasteiger partial charge in [-0.2, -0.15) is 0 Å². The lowest BCUT2D eigenvalue weighted by Gasteiger charge is -2.31. The van der Waals surface area contributed by atoms with E-state index in [0.29, 0.717) is 17.0 Å². The molecule has 1 aromatic carbocycles. The van der Waals surface area contributed by atoms with Crippen LogP contribution in [0.2, 0.25) is 0 Å². The molecule has 0 unspecified atom stereocenters. The molecule has 1 aromatic heterocycles. The van der Waals surface area contributed by atoms with Gasteiger partial charge in [-0.15, -0.1) is 11.3 Å². The van der Waals surface area contributed by atoms with Crippen LogP contribution in [-0.4, -0.2) is 31.3 Å². The summed E-state index contributed by atoms with van der Waals surface area (Å²) in [4.78, 5) is 26.4. The maximum absolute atomic E-state index is 12.1. The molecular weight excluding hydrogens is 320 g/mol. The Kier molecular flexibility index (Phi) is 5.30. The van der Waals surface area contributed by atoms with Crippen LogP contribution in [0.1, 0.15) is 45.4 Å². The van der Waals surface area contributed by atoms with Gasteiger partial charge < -0.3 is 10.2 Å². The molecule has 0 bridgehead atoms. The number of fused-ring (bicyclic) bond motifs is 1. The van der Waals surface area contributed by atoms with Crippen molar-refractivity contribution >= 4 is 28.7 Å². The van der Waals surface area contributed by atoms with Gasteiger partial charge in [0.25, 0.3) is 5.91 Å². The van der Waals surface area contributed by atoms with E-state index >= 15 is 0 Å². The Hall–Kier alpha value is -2.14. The van der Waals surface area contributed by atoms with Crippen molar-refractivity contribution in [2.24, 2.45) is 0 Å². The Balaban J connectivity index is 1.47. The standard InChI is InChI=1S/C19H22N2O2S/c1-14(22)18-12-16(13-24-18)19(23)20-9-5-11-21-10-4-7-15-6-2-3-8-17(15)21/h2-3,6,8,12-13H,4-5,7,9-11H2,1H3,(H,20,23). The highest BCUT2D eigenvalue weighted by Crippen LogP contribution is 2.26. The van der Waals surface area contributed by atoms with Crippen molar-refractivity contribution in [1.82, 2.24) is 5.32 Å². The summed E-state index contributed by atoms with van der Waals surface area (Å²) >= 11 is 1.32. The maximum atomic E-state index is 12.1. The molecule has 1 amide bonds. The van der Waals surface area contributed by atoms with Crippen LogP contribution in [0, 0.1) is 0 Å². The number of para-hydroxylation sites is 1. The van der Waals surface area contributed by atoms with Crippen LogP contribution >= 0.6 is 11.3 Å². The van der Waals surface area contributed by atoms with Gasteiger partial charge in [0.2, 0.25) is 0 Å². The van der Waals surface area contributed by atoms with Crippen LogP contribution < -0.4 is 10.2 Å². The van der Waals surface area contributed by atoms with E-state index in [1.165, 1.54) is 35.9 Å². The third-order valence-electron chi connectivity index (χ3n) is 4.31. The fourth-order valence-corrected chi connectivity index (χ4v) is 3.85. The van der Waals surface area contributed by atoms with Crippen LogP contribution in [0.15, 0.2) is 35.7 Å². The number of nitrogens with zero attached hydrogens (tertiary/aromatic N) is 1. The first kappa shape index (κ1) is 16.7. The maximum Gasteiger partial charge on any atom is 0.252 e. The van der Waals surface area contributed by atoms with Crippen LogP contribution in [0.25, 0.3) is 0 Å². The molecule has 1 aliphatic heterocycles. The van der Waals surface area contributed by atoms with Crippen molar-refractivity contribution in [3.05, 3.63) is 51.7 Å². The van der Waals surface area contributed by atoms with E-state index in [9.17, 15) is 9.59 Å². The molecule has 4 nitrogen and oxygen atoms in total. The Labute approximate surface area is 146 Å². The van der Waals surface area contributed by atoms with E-state index in [1.807, 2.05) is 0 Å². The summed E-state index contributed by atoms with van der Waals surface area (Å²) < 4.78 is 0. The second-order valence-corrected chi connectivity index (χ2v) is 7.00. The van der Waals surface area contributed by atoms with Gasteiger partial charge in [-0.3, -0.25) is 9.59 Å². The summed E-state index contributed by atoms with van der Waals surface area (Å²) in [5, 5.41) is 4.69. The van der Waals surface area contributed by atoms with Crippen molar-refractivity contribution in [2.45, 2.75) is 26.2 Å². The van der Waals surface area contributed by atoms with E-state index < -0.39 is 0 Å². The summed E-state index contributed by atoms with van der Waals surface area (Å²) in [5.74, 6) is -0.0967. The lowest BCUT2D eigenvalue weighted by atomic mass is 10.0. The second kappa shape index (κ2) is 7.62. The molecule has 0 fully saturated rings. The van der Waals surface area contributed by atoms with E-state index in [2.05, 4.69) is 34.5 Å². The zero-order chi connectivity index (χ0) is 16.9. The molecule has 1 N–H and O–H groups in total. The van der Waals surface area contributed by atoms with Gasteiger partial charge in [0.15, 0.2) is 5.78 Å². The highest BCUT2D eigenvalue weighted by molar-refractivity contribution is 7.12. The fourth-order valence-electron chi connectivity index (χ4n) is 3.06. The minimum atomic E-state index is -0.0993. The number of nitrogens with one attached hydrogen (secondary N) is 1. The number of hydrogen-bond acceptors (Lipinski definition) is 4. The molecule has 2 aromatic rings. The number of aryl methyl sites for hydroxylation is 1. The Morgan fingerprint density at radius 2 is 2.12 bits per heavy atom. The Morgan fingerprint density at radius 1 is 1.29 bits per heavy atom. The average molecular weight is 342 g/mol. The summed E-state index contributed by atoms with van der Waals surface area (Å²) in [6, 6.07) is 10.2. The Bertz CT molecular complexity index is 738. The number of rotatable bonds is 6. The van der Waals surface area contributed by atoms with E-state index in [0.717, 1.165) is 25.9 Å². The molecule has 3 rings (SSSR count). The molecular formula is C19H22N2O2S. The quantitative estimate of drug-likeness (QED) is 0.645. The minimum absolute atomic E-state index is 0.00261. The molecule has 0 atom stereocenters. The van der Waals surface area contributed by atoms with Gasteiger partial charge >= 0.3 is 0 Å². The zero-order valence-electron chi connectivity index (χ0n) is 13.9. The molecule has 0 aliphatic carbocycles. The minimum Gasteiger partial charge on any atom is -0.371 e. The molecule has 2 heterocycles. The zero-order valence-corrected chi connectivity index (χ0v) is 14.7. The lowest BCUT2D eigenvalue weighted by molar-refractivity contribution is 0.0953. The van der Waals surface area contributed by atoms with Crippen LogP contribution in [0.5, 0.6) is 0 Å². The van der Waals surface area contributed by atoms with Crippen molar-refractivity contribution in [1.29, 1.82) is 0 Å². The average Bonchev–Trinajstić information content (AvgIpc) is 3.09. The fraction of sp³-hybridized carbons (Fsp3) is 0.368. The predicted octanol–water partition coefficient (Wildman–Crippen LogP) is 3.52. The van der Waals surface area contributed by atoms with Gasteiger partial charge in [-0.25, -0.2) is 0 Å². The van der Waals surface area contributed by atoms with Crippen molar-refractivity contribution in [3.8, 4) is 0 Å². The van der Waals surface area contributed by atoms with Crippen molar-refractivity contribution < 1.29 is 9.59 Å². The summed E-state index contributed by atoms with van der Waals surface area (Å²) in [6.45, 7) is 4.18. The number of Topliss-reactive ketones (excluding diaryl/α,β-unsaturated/α-hetero) is 1. The smallest absolute Gasteiger partial charge is 0.252 e. The Morgan fingerprint density at radius 3 is 2.92 bits per heavy atom. The topological polar surface area (TPSA) is 49.4 Å². The normalized spacial score (nSPS) is 13.5. The lowest BCUT2D eigenvalue weighted by Crippen LogP contribution is -2.33. The molecule has 0 radical (unpaired) electrons. The number of anilines is 1. The number of carbonyl (C=O) groups is 2. The second-order valence-electron chi connectivity index (χ2n) is 6.08. The van der Waals surface area contributed by atoms with Crippen LogP contribution in [0.3, 0.4) is 0 Å². The monoisotopic (exact) mass is 342 g/mol. The molecule has 1 aliphatic rings. The molecule has 5 heteroatoms. The summed E-state index contributed by atoms with van der Waals surface area (Å²) in [5.41, 5.74) is 3.33. The first-order valence-electron chi connectivity index (χ1n) is 8.35. The number of amides is 1. The highest BCUT2D eigenvalue weighted by atomic mass is 32.1. The number of ketones is 1. The van der Waals surface area contributed by atoms with E-state index in [1.54, 1.807) is 11.4 Å². The van der Waals surface area contributed by atoms with Gasteiger partial charge in [0.05, 0.1) is 10.4 Å². The van der Waals surface area contributed by atoms with Gasteiger partial charge in [0, 0.05) is 30.7 Å². The molecule has 0 spiro atoms. The number of hydrogen-bond donors (Lipinski definition) is 1. The first-order valence-corrected chi connectivity index (χ1v) is 9.23. The third-order valence-corrected chi connectivity index (χ3v) is 5.34. The predicted molar refractivity (Wildman–Crippen MR) is 98.2 cm³/mol. The van der Waals surface area contributed by atoms with Gasteiger partial charge in [-0.05, 0) is 43.9 Å². The largest absolute Gasteiger partial charge is 0.371 e. The highest BCUT2D eigenvalue weighted by Gasteiger charge is 2.16. The SMILES string of the molecule is CC(=O)c1cc(C(=O)NCCCN2CCCc3ccccc32)cs1. The van der Waals surface area contributed by atoms with Crippen molar-refractivity contribution in [3.63, 3.8) is 0 Å². The first-order chi connectivity index (χ1) is 11.6. The summed E-state index contributed by atoms with van der Waals surface area (Å²) in [6.07, 6.45) is 3.25. The van der Waals surface area contributed by atoms with E-state index in [-0.39, 0.29) is 11.7 Å². The number of thiophene rings is 1. The van der Waals surface area contributed by atoms with Crippen LogP contribution in [0.4, 0.5) is 5.69 Å². The van der Waals surface area contributed by atoms with Gasteiger partial charge in [-0.1, -0.05) is 18.2 Å².